The van der Waals surface area contributed by atoms with Gasteiger partial charge < -0.3 is 38.0 Å². The van der Waals surface area contributed by atoms with Gasteiger partial charge in [0.2, 0.25) is 11.8 Å². The van der Waals surface area contributed by atoms with Crippen LogP contribution in [0.25, 0.3) is 0 Å². The van der Waals surface area contributed by atoms with E-state index in [4.69, 9.17) is 17.2 Å². The summed E-state index contributed by atoms with van der Waals surface area (Å²) in [6, 6.07) is 12.1. The molecule has 0 saturated heterocycles. The standard InChI is InChI=1S/C24H32N6O5/c25-18(13-16-8-10-17(31)11-9-16)21(32)30-20(14-15-5-2-1-3-6-15)22(33)29-19(23(34)35)7-4-12-28-24(26)27/h1-3,5-6,8-11,18-20,31H,4,7,12-14,25H2,(H,29,33)(H,30,32)(H,34,35)(H4,26,27,28). The highest BCUT2D eigenvalue weighted by Gasteiger charge is 2.28. The molecule has 11 nitrogen and oxygen atoms in total. The highest BCUT2D eigenvalue weighted by Crippen LogP contribution is 2.11. The van der Waals surface area contributed by atoms with Crippen molar-refractivity contribution in [3.05, 3.63) is 65.7 Å². The number of aliphatic carboxylic acids is 1. The summed E-state index contributed by atoms with van der Waals surface area (Å²) in [4.78, 5) is 41.3. The fourth-order valence-electron chi connectivity index (χ4n) is 3.35. The van der Waals surface area contributed by atoms with E-state index in [-0.39, 0.29) is 37.5 Å². The number of nitrogens with one attached hydrogen (secondary N) is 2. The van der Waals surface area contributed by atoms with E-state index in [1.165, 1.54) is 12.1 Å². The van der Waals surface area contributed by atoms with Crippen LogP contribution >= 0.6 is 0 Å². The Morgan fingerprint density at radius 3 is 2.06 bits per heavy atom. The Morgan fingerprint density at radius 1 is 0.857 bits per heavy atom. The summed E-state index contributed by atoms with van der Waals surface area (Å²) in [5.41, 5.74) is 18.1. The maximum atomic E-state index is 13.0. The number of carbonyl (C=O) groups is 3. The molecule has 3 atom stereocenters. The number of amides is 2. The molecule has 2 rings (SSSR count). The molecule has 3 unspecified atom stereocenters. The summed E-state index contributed by atoms with van der Waals surface area (Å²) >= 11 is 0. The lowest BCUT2D eigenvalue weighted by Crippen LogP contribution is -2.55. The van der Waals surface area contributed by atoms with Crippen molar-refractivity contribution in [2.24, 2.45) is 22.2 Å². The van der Waals surface area contributed by atoms with Crippen LogP contribution in [0.15, 0.2) is 59.6 Å². The molecule has 2 aromatic carbocycles. The zero-order chi connectivity index (χ0) is 25.8. The van der Waals surface area contributed by atoms with Gasteiger partial charge in [0.25, 0.3) is 0 Å². The number of benzene rings is 2. The predicted molar refractivity (Wildman–Crippen MR) is 131 cm³/mol. The van der Waals surface area contributed by atoms with E-state index < -0.39 is 35.9 Å². The lowest BCUT2D eigenvalue weighted by atomic mass is 10.0. The number of carboxylic acids is 1. The van der Waals surface area contributed by atoms with Crippen LogP contribution in [0.1, 0.15) is 24.0 Å². The number of phenolic OH excluding ortho intramolecular Hbond substituents is 1. The van der Waals surface area contributed by atoms with E-state index in [2.05, 4.69) is 15.6 Å². The monoisotopic (exact) mass is 484 g/mol. The SMILES string of the molecule is NC(N)=NCCCC(NC(=O)C(Cc1ccccc1)NC(=O)C(N)Cc1ccc(O)cc1)C(=O)O. The number of aliphatic imine (C=N–C) groups is 1. The van der Waals surface area contributed by atoms with Crippen molar-refractivity contribution >= 4 is 23.7 Å². The summed E-state index contributed by atoms with van der Waals surface area (Å²) in [7, 11) is 0. The summed E-state index contributed by atoms with van der Waals surface area (Å²) in [5, 5.41) is 24.1. The number of hydrogen-bond donors (Lipinski definition) is 7. The topological polar surface area (TPSA) is 206 Å². The van der Waals surface area contributed by atoms with Gasteiger partial charge in [0.1, 0.15) is 17.8 Å². The van der Waals surface area contributed by atoms with Crippen LogP contribution in [-0.4, -0.2) is 58.6 Å². The maximum absolute atomic E-state index is 13.0. The molecule has 10 N–H and O–H groups in total. The lowest BCUT2D eigenvalue weighted by molar-refractivity contribution is -0.142. The summed E-state index contributed by atoms with van der Waals surface area (Å²) in [6.45, 7) is 0.221. The molecule has 0 aliphatic carbocycles. The van der Waals surface area contributed by atoms with Gasteiger partial charge >= 0.3 is 5.97 Å². The van der Waals surface area contributed by atoms with Crippen LogP contribution in [-0.2, 0) is 27.2 Å². The van der Waals surface area contributed by atoms with Crippen molar-refractivity contribution < 1.29 is 24.6 Å². The number of rotatable bonds is 13. The lowest BCUT2D eigenvalue weighted by Gasteiger charge is -2.23. The van der Waals surface area contributed by atoms with Crippen LogP contribution < -0.4 is 27.8 Å². The molecular weight excluding hydrogens is 452 g/mol. The molecule has 2 amide bonds. The average molecular weight is 485 g/mol. The van der Waals surface area contributed by atoms with Gasteiger partial charge in [-0.3, -0.25) is 14.6 Å². The van der Waals surface area contributed by atoms with Crippen molar-refractivity contribution in [3.63, 3.8) is 0 Å². The van der Waals surface area contributed by atoms with Gasteiger partial charge in [-0.15, -0.1) is 0 Å². The smallest absolute Gasteiger partial charge is 0.326 e. The Labute approximate surface area is 203 Å². The number of phenols is 1. The molecule has 35 heavy (non-hydrogen) atoms. The molecule has 0 bridgehead atoms. The largest absolute Gasteiger partial charge is 0.508 e. The van der Waals surface area contributed by atoms with Crippen molar-refractivity contribution in [1.82, 2.24) is 10.6 Å². The van der Waals surface area contributed by atoms with E-state index >= 15 is 0 Å². The molecule has 11 heteroatoms. The number of nitrogens with two attached hydrogens (primary N) is 3. The first-order valence-electron chi connectivity index (χ1n) is 11.1. The number of aromatic hydroxyl groups is 1. The van der Waals surface area contributed by atoms with Crippen LogP contribution in [0.3, 0.4) is 0 Å². The third-order valence-corrected chi connectivity index (χ3v) is 5.20. The van der Waals surface area contributed by atoms with Crippen LogP contribution in [0, 0.1) is 0 Å². The Bertz CT molecular complexity index is 1010. The fourth-order valence-corrected chi connectivity index (χ4v) is 3.35. The first kappa shape index (κ1) is 27.1. The average Bonchev–Trinajstić information content (AvgIpc) is 2.82. The van der Waals surface area contributed by atoms with Gasteiger partial charge in [0.05, 0.1) is 6.04 Å². The van der Waals surface area contributed by atoms with Crippen molar-refractivity contribution in [2.75, 3.05) is 6.54 Å². The summed E-state index contributed by atoms with van der Waals surface area (Å²) < 4.78 is 0. The van der Waals surface area contributed by atoms with E-state index in [0.29, 0.717) is 6.42 Å². The molecule has 0 radical (unpaired) electrons. The van der Waals surface area contributed by atoms with E-state index in [0.717, 1.165) is 11.1 Å². The van der Waals surface area contributed by atoms with Gasteiger partial charge in [-0.1, -0.05) is 42.5 Å². The molecule has 0 aliphatic rings. The minimum Gasteiger partial charge on any atom is -0.508 e. The quantitative estimate of drug-likeness (QED) is 0.113. The highest BCUT2D eigenvalue weighted by molar-refractivity contribution is 5.92. The van der Waals surface area contributed by atoms with E-state index in [1.54, 1.807) is 36.4 Å². The number of nitrogens with zero attached hydrogens (tertiary/aromatic N) is 1. The molecule has 0 fully saturated rings. The normalized spacial score (nSPS) is 13.2. The second-order valence-corrected chi connectivity index (χ2v) is 8.08. The second kappa shape index (κ2) is 13.6. The number of carboxylic acid groups (broad SMARTS) is 1. The second-order valence-electron chi connectivity index (χ2n) is 8.08. The van der Waals surface area contributed by atoms with Crippen molar-refractivity contribution in [2.45, 2.75) is 43.8 Å². The molecule has 0 heterocycles. The number of hydrogen-bond acceptors (Lipinski definition) is 6. The molecule has 0 aliphatic heterocycles. The minimum atomic E-state index is -1.21. The molecule has 0 saturated carbocycles. The van der Waals surface area contributed by atoms with Gasteiger partial charge in [-0.2, -0.15) is 0 Å². The molecular formula is C24H32N6O5. The number of guanidine groups is 1. The first-order chi connectivity index (χ1) is 16.7. The zero-order valence-electron chi connectivity index (χ0n) is 19.3. The van der Waals surface area contributed by atoms with Crippen LogP contribution in [0.5, 0.6) is 5.75 Å². The van der Waals surface area contributed by atoms with Gasteiger partial charge in [0.15, 0.2) is 5.96 Å². The van der Waals surface area contributed by atoms with E-state index in [9.17, 15) is 24.6 Å². The zero-order valence-corrected chi connectivity index (χ0v) is 19.3. The van der Waals surface area contributed by atoms with Gasteiger partial charge in [-0.25, -0.2) is 4.79 Å². The third-order valence-electron chi connectivity index (χ3n) is 5.20. The Morgan fingerprint density at radius 2 is 1.46 bits per heavy atom. The Hall–Kier alpha value is -4.12. The van der Waals surface area contributed by atoms with Crippen LogP contribution in [0.2, 0.25) is 0 Å². The minimum absolute atomic E-state index is 0.0950. The number of carbonyl (C=O) groups excluding carboxylic acids is 2. The Balaban J connectivity index is 2.09. The van der Waals surface area contributed by atoms with Crippen molar-refractivity contribution in [1.29, 1.82) is 0 Å². The van der Waals surface area contributed by atoms with Crippen molar-refractivity contribution in [3.8, 4) is 5.75 Å². The first-order valence-corrected chi connectivity index (χ1v) is 11.1. The molecule has 2 aromatic rings. The van der Waals surface area contributed by atoms with Gasteiger partial charge in [-0.05, 0) is 42.5 Å². The molecule has 0 spiro atoms. The van der Waals surface area contributed by atoms with Crippen LogP contribution in [0.4, 0.5) is 0 Å². The van der Waals surface area contributed by atoms with E-state index in [1.807, 2.05) is 6.07 Å². The summed E-state index contributed by atoms with van der Waals surface area (Å²) in [6.07, 6.45) is 0.769. The maximum Gasteiger partial charge on any atom is 0.326 e. The highest BCUT2D eigenvalue weighted by atomic mass is 16.4. The Kier molecular flexibility index (Phi) is 10.5. The van der Waals surface area contributed by atoms with Gasteiger partial charge in [0, 0.05) is 13.0 Å². The predicted octanol–water partition coefficient (Wildman–Crippen LogP) is -0.387. The molecule has 0 aromatic heterocycles. The fraction of sp³-hybridized carbons (Fsp3) is 0.333. The third kappa shape index (κ3) is 9.72. The molecule has 188 valence electrons. The summed E-state index contributed by atoms with van der Waals surface area (Å²) in [5.74, 6) is -2.42.